The number of hydrogen-bond acceptors (Lipinski definition) is 9. The van der Waals surface area contributed by atoms with Crippen molar-refractivity contribution >= 4 is 96.9 Å². The van der Waals surface area contributed by atoms with Crippen LogP contribution in [-0.4, -0.2) is 29.9 Å². The maximum atomic E-state index is 9.64. The highest BCUT2D eigenvalue weighted by molar-refractivity contribution is 7.26. The quantitative estimate of drug-likeness (QED) is 0.148. The first-order chi connectivity index (χ1) is 69.1. The van der Waals surface area contributed by atoms with Gasteiger partial charge in [0.1, 0.15) is 22.3 Å². The summed E-state index contributed by atoms with van der Waals surface area (Å²) in [6, 6.07) is -39.1. The Labute approximate surface area is 637 Å². The lowest BCUT2D eigenvalue weighted by Gasteiger charge is -2.21. The Bertz CT molecular complexity index is 9480. The number of hydrogen-bond donors (Lipinski definition) is 0. The van der Waals surface area contributed by atoms with E-state index in [4.69, 9.17) is 59.6 Å². The average Bonchev–Trinajstić information content (AvgIpc) is 1.53. The van der Waals surface area contributed by atoms with Crippen molar-refractivity contribution in [2.45, 2.75) is 19.3 Å². The first kappa shape index (κ1) is 25.9. The zero-order valence-electron chi connectivity index (χ0n) is 99.4. The Hall–Kier alpha value is -12.6. The van der Waals surface area contributed by atoms with Crippen molar-refractivity contribution in [3.8, 4) is 102 Å². The molecule has 5 heterocycles. The molecule has 98 heavy (non-hydrogen) atoms. The molecule has 20 rings (SSSR count). The molecule has 460 valence electrons. The van der Waals surface area contributed by atoms with Crippen LogP contribution < -0.4 is 0 Å². The summed E-state index contributed by atoms with van der Waals surface area (Å²) in [6.07, 6.45) is 0. The molecule has 0 fully saturated rings. The minimum Gasteiger partial charge on any atom is -0.456 e. The number of rotatable bonds is 8. The topological polar surface area (TPSA) is 104 Å². The molecule has 1 aliphatic rings. The summed E-state index contributed by atoms with van der Waals surface area (Å²) < 4.78 is 453. The van der Waals surface area contributed by atoms with Crippen LogP contribution in [-0.2, 0) is 5.41 Å². The van der Waals surface area contributed by atoms with Gasteiger partial charge in [-0.1, -0.05) is 274 Å². The molecule has 0 spiro atoms. The molecule has 0 atom stereocenters. The lowest BCUT2D eigenvalue weighted by atomic mass is 9.82. The van der Waals surface area contributed by atoms with Crippen molar-refractivity contribution in [3.63, 3.8) is 0 Å². The minimum atomic E-state index is -1.46. The van der Waals surface area contributed by atoms with Gasteiger partial charge in [-0.2, -0.15) is 0 Å². The van der Waals surface area contributed by atoms with E-state index in [0.717, 1.165) is 0 Å². The van der Waals surface area contributed by atoms with E-state index in [2.05, 4.69) is 29.9 Å². The van der Waals surface area contributed by atoms with Crippen molar-refractivity contribution in [3.05, 3.63) is 313 Å². The molecule has 1 aliphatic carbocycles. The number of para-hydroxylation sites is 1. The van der Waals surface area contributed by atoms with Crippen LogP contribution >= 0.6 is 11.3 Å². The fraction of sp³-hybridized carbons (Fsp3) is 0.0337. The average molecular weight is 1320 g/mol. The van der Waals surface area contributed by atoms with Gasteiger partial charge in [0.05, 0.1) is 68.5 Å². The van der Waals surface area contributed by atoms with E-state index in [1.54, 1.807) is 0 Å². The Morgan fingerprint density at radius 2 is 0.684 bits per heavy atom. The third-order valence-electron chi connectivity index (χ3n) is 15.8. The predicted molar refractivity (Wildman–Crippen MR) is 403 cm³/mol. The zero-order valence-corrected chi connectivity index (χ0v) is 50.2. The Kier molecular flexibility index (Phi) is 6.03. The molecule has 0 radical (unpaired) electrons. The normalized spacial score (nSPS) is 19.6. The molecule has 0 amide bonds. The van der Waals surface area contributed by atoms with Crippen molar-refractivity contribution in [1.82, 2.24) is 29.9 Å². The summed E-state index contributed by atoms with van der Waals surface area (Å²) in [4.78, 5) is 26.2. The SMILES string of the molecule is [2H]c1c([2H])c([2H])c(-c2nc(-c3c([2H])c([2H])c(-c4c([2H])c([2H])c([2H])c5oc6c([2H])c([2H])c7c([2H])c([2H])c([2H])c([2H])c7c6c45)c([2H])c3[2H])nc(-c3c([2H])c([2H])c4c(c3[2H])C(C)(C)c3c([2H])c([2H])c([2H])c([2H])c3-4)n2)c([2H])c1[2H].[2H]c1c([2H])c([2H])c(-c2nc(-c3c([2H])c([2H])c(-c4c([2H])c([2H])c([2H])c5sc6c([2H])c([2H])c7c([2H])c([2H])c([2H])c([2H])c7c6c45)c([2H])c3[2H])nc(-c3c([2H])c([2H])c([2H])c4oc5c([2H])c([2H])c([2H])c([2H])c5c34)n2)c([2H])c1[2H]. The summed E-state index contributed by atoms with van der Waals surface area (Å²) in [6.45, 7) is 3.07. The first-order valence-corrected chi connectivity index (χ1v) is 29.7. The van der Waals surface area contributed by atoms with Gasteiger partial charge in [-0.3, -0.25) is 0 Å². The standard InChI is InChI=1S/C46H31N3O.C43H25N3OS/c1-46(2)37-17-9-8-15-35(37)36-25-23-32(27-38(36)46)45-48-43(30-12-4-3-5-13-30)47-44(49-45)31-21-19-29(20-22-31)34-16-10-18-39-41(34)42-33-14-7-6-11-28(33)24-26-40(42)50-39;1-2-11-28(12-3-1)41-44-42(46-43(45-41)33-16-8-18-35-38(33)32-14-6-7-17-34(32)47-35)29-22-20-27(21-23-29)31-15-9-19-36-39(31)40-30-13-5-4-10-26(30)24-25-37(40)48-36/h3-27H,1-2H3;1-25H/i3D,4D,5D,6D,7D,8D,9D,10D,11D,12D,13D,14D,15D,16D,17D,18D,19D,20D,21D,22D,23D,24D,25D,26D,27D;1D,2D,3D,4D,5D,6D,7D,8D,9D,10D,11D,12D,13D,14D,15D,16D,17D,18D,19D,20D,21D,22D,23D,24D,25D. The van der Waals surface area contributed by atoms with E-state index >= 15 is 0 Å². The second-order valence-electron chi connectivity index (χ2n) is 21.8. The summed E-state index contributed by atoms with van der Waals surface area (Å²) >= 11 is 0.680. The number of thiophene rings is 1. The van der Waals surface area contributed by atoms with Gasteiger partial charge in [0.2, 0.25) is 0 Å². The van der Waals surface area contributed by atoms with Crippen LogP contribution in [0.3, 0.4) is 0 Å². The second kappa shape index (κ2) is 22.8. The van der Waals surface area contributed by atoms with Crippen molar-refractivity contribution in [2.24, 2.45) is 0 Å². The van der Waals surface area contributed by atoms with E-state index in [0.29, 0.717) is 11.3 Å². The monoisotopic (exact) mass is 1320 g/mol. The van der Waals surface area contributed by atoms with E-state index in [9.17, 15) is 17.8 Å². The summed E-state index contributed by atoms with van der Waals surface area (Å²) in [5, 5.41) is -3.60. The third kappa shape index (κ3) is 9.49. The smallest absolute Gasteiger partial charge is 0.164 e. The molecular weight excluding hydrogens is 1220 g/mol. The van der Waals surface area contributed by atoms with Gasteiger partial charge in [0.25, 0.3) is 0 Å². The van der Waals surface area contributed by atoms with Crippen LogP contribution in [0.25, 0.3) is 187 Å². The fourth-order valence-corrected chi connectivity index (χ4v) is 12.5. The molecule has 0 saturated carbocycles. The summed E-state index contributed by atoms with van der Waals surface area (Å²) in [5.41, 5.74) is -10.5. The van der Waals surface area contributed by atoms with Crippen LogP contribution in [0.4, 0.5) is 0 Å². The number of benzene rings is 14. The van der Waals surface area contributed by atoms with E-state index < -0.39 is 453 Å². The van der Waals surface area contributed by atoms with Crippen molar-refractivity contribution in [2.75, 3.05) is 0 Å². The van der Waals surface area contributed by atoms with E-state index in [-0.39, 0.29) is 53.2 Å². The maximum absolute atomic E-state index is 9.64. The highest BCUT2D eigenvalue weighted by atomic mass is 32.1. The van der Waals surface area contributed by atoms with Crippen LogP contribution in [0.1, 0.15) is 93.5 Å². The highest BCUT2D eigenvalue weighted by Crippen LogP contribution is 2.50. The Morgan fingerprint density at radius 1 is 0.265 bits per heavy atom. The number of aromatic nitrogens is 6. The maximum Gasteiger partial charge on any atom is 0.164 e. The molecule has 9 heteroatoms. The minimum absolute atomic E-state index is 0.0206. The van der Waals surface area contributed by atoms with Crippen LogP contribution in [0.15, 0.2) is 311 Å². The number of nitrogens with zero attached hydrogens (tertiary/aromatic N) is 6. The van der Waals surface area contributed by atoms with Gasteiger partial charge in [-0.25, -0.2) is 29.9 Å². The molecule has 0 unspecified atom stereocenters. The second-order valence-corrected chi connectivity index (χ2v) is 22.8. The highest BCUT2D eigenvalue weighted by Gasteiger charge is 2.35. The molecule has 0 bridgehead atoms. The fourth-order valence-electron chi connectivity index (χ4n) is 11.4. The molecule has 5 aromatic heterocycles. The third-order valence-corrected chi connectivity index (χ3v) is 16.9. The van der Waals surface area contributed by atoms with Gasteiger partial charge in [-0.05, 0) is 108 Å². The van der Waals surface area contributed by atoms with Gasteiger partial charge < -0.3 is 8.83 Å². The van der Waals surface area contributed by atoms with Crippen molar-refractivity contribution in [1.29, 1.82) is 0 Å². The van der Waals surface area contributed by atoms with Crippen LogP contribution in [0, 0.1) is 0 Å². The van der Waals surface area contributed by atoms with Gasteiger partial charge >= 0.3 is 0 Å². The molecule has 0 N–H and O–H groups in total. The van der Waals surface area contributed by atoms with Crippen molar-refractivity contribution < 1.29 is 77.4 Å². The molecule has 0 saturated heterocycles. The van der Waals surface area contributed by atoms with Gasteiger partial charge in [0.15, 0.2) is 34.9 Å². The van der Waals surface area contributed by atoms with Gasteiger partial charge in [0, 0.05) is 80.5 Å². The molecular formula is C89H56N6O2S. The number of fused-ring (bicyclic) bond motifs is 16. The largest absolute Gasteiger partial charge is 0.456 e. The van der Waals surface area contributed by atoms with E-state index in [1.165, 1.54) is 13.8 Å². The molecule has 0 aliphatic heterocycles. The van der Waals surface area contributed by atoms with Crippen LogP contribution in [0.2, 0.25) is 0 Å². The van der Waals surface area contributed by atoms with Crippen LogP contribution in [0.5, 0.6) is 0 Å². The number of furan rings is 2. The molecule has 14 aromatic carbocycles. The van der Waals surface area contributed by atoms with E-state index in [1.807, 2.05) is 0 Å². The summed E-state index contributed by atoms with van der Waals surface area (Å²) in [7, 11) is 0. The molecule has 8 nitrogen and oxygen atoms in total. The Balaban J connectivity index is 0.000000186. The van der Waals surface area contributed by atoms with Gasteiger partial charge in [-0.15, -0.1) is 11.3 Å². The Morgan fingerprint density at radius 3 is 1.34 bits per heavy atom. The zero-order chi connectivity index (χ0) is 109. The summed E-state index contributed by atoms with van der Waals surface area (Å²) in [5.74, 6) is -4.67. The first-order valence-electron chi connectivity index (χ1n) is 53.9. The lowest BCUT2D eigenvalue weighted by Crippen LogP contribution is -2.15. The predicted octanol–water partition coefficient (Wildman–Crippen LogP) is 23.9. The lowest BCUT2D eigenvalue weighted by molar-refractivity contribution is 0.660. The molecule has 19 aromatic rings.